The number of ether oxygens (including phenoxy) is 1. The van der Waals surface area contributed by atoms with Crippen LogP contribution in [-0.4, -0.2) is 34.7 Å². The van der Waals surface area contributed by atoms with Crippen LogP contribution in [0.15, 0.2) is 24.3 Å². The number of hydrogen-bond acceptors (Lipinski definition) is 4. The van der Waals surface area contributed by atoms with Gasteiger partial charge in [-0.25, -0.2) is 4.79 Å². The molecule has 0 aromatic rings. The van der Waals surface area contributed by atoms with Gasteiger partial charge in [0.1, 0.15) is 0 Å². The zero-order valence-corrected chi connectivity index (χ0v) is 19.3. The van der Waals surface area contributed by atoms with E-state index in [0.717, 1.165) is 32.1 Å². The fourth-order valence-electron chi connectivity index (χ4n) is 3.27. The lowest BCUT2D eigenvalue weighted by Gasteiger charge is -2.11. The molecule has 1 atom stereocenters. The summed E-state index contributed by atoms with van der Waals surface area (Å²) in [5, 5.41) is 17.9. The van der Waals surface area contributed by atoms with E-state index in [1.54, 1.807) is 0 Å². The van der Waals surface area contributed by atoms with Gasteiger partial charge in [-0.3, -0.25) is 9.59 Å². The normalized spacial score (nSPS) is 12.0. The number of aliphatic carboxylic acids is 2. The van der Waals surface area contributed by atoms with Crippen molar-refractivity contribution < 1.29 is 29.3 Å². The highest BCUT2D eigenvalue weighted by Crippen LogP contribution is 2.16. The second-order valence-electron chi connectivity index (χ2n) is 8.08. The molecule has 0 aliphatic carbocycles. The maximum atomic E-state index is 11.7. The molecule has 6 heteroatoms. The highest BCUT2D eigenvalue weighted by atomic mass is 16.5. The number of carbonyl (C=O) groups is 3. The number of hydrogen-bond donors (Lipinski definition) is 2. The van der Waals surface area contributed by atoms with Gasteiger partial charge < -0.3 is 14.9 Å². The van der Waals surface area contributed by atoms with Gasteiger partial charge in [0.15, 0.2) is 0 Å². The molecule has 0 aromatic carbocycles. The van der Waals surface area contributed by atoms with Crippen LogP contribution >= 0.6 is 0 Å². The molecule has 0 rings (SSSR count). The molecule has 0 radical (unpaired) electrons. The van der Waals surface area contributed by atoms with Crippen molar-refractivity contribution in [2.75, 3.05) is 6.61 Å². The summed E-state index contributed by atoms with van der Waals surface area (Å²) in [5.74, 6) is -4.97. The number of allylic oxidation sites excluding steroid dienone is 2. The Balaban J connectivity index is 3.56. The summed E-state index contributed by atoms with van der Waals surface area (Å²) < 4.78 is 5.03. The first-order valence-electron chi connectivity index (χ1n) is 11.9. The molecule has 2 N–H and O–H groups in total. The van der Waals surface area contributed by atoms with Gasteiger partial charge >= 0.3 is 17.9 Å². The number of carboxylic acid groups (broad SMARTS) is 2. The van der Waals surface area contributed by atoms with Gasteiger partial charge in [0.05, 0.1) is 18.9 Å². The molecule has 0 aromatic heterocycles. The summed E-state index contributed by atoms with van der Waals surface area (Å²) in [6, 6.07) is 0. The van der Waals surface area contributed by atoms with Gasteiger partial charge in [0.25, 0.3) is 0 Å². The Bertz CT molecular complexity index is 552. The molecule has 178 valence electrons. The summed E-state index contributed by atoms with van der Waals surface area (Å²) in [6.45, 7) is 5.69. The van der Waals surface area contributed by atoms with Crippen molar-refractivity contribution in [2.24, 2.45) is 5.92 Å². The Morgan fingerprint density at radius 3 is 1.77 bits per heavy atom. The van der Waals surface area contributed by atoms with Crippen molar-refractivity contribution in [1.82, 2.24) is 0 Å². The quantitative estimate of drug-likeness (QED) is 0.0944. The second-order valence-corrected chi connectivity index (χ2v) is 8.08. The van der Waals surface area contributed by atoms with Crippen LogP contribution in [0.5, 0.6) is 0 Å². The van der Waals surface area contributed by atoms with E-state index >= 15 is 0 Å². The number of esters is 1. The number of carbonyl (C=O) groups excluding carboxylic acids is 1. The van der Waals surface area contributed by atoms with Gasteiger partial charge in [-0.15, -0.1) is 0 Å². The highest BCUT2D eigenvalue weighted by Gasteiger charge is 2.28. The van der Waals surface area contributed by atoms with E-state index in [0.29, 0.717) is 0 Å². The van der Waals surface area contributed by atoms with Crippen LogP contribution in [0, 0.1) is 5.92 Å². The topological polar surface area (TPSA) is 101 Å². The van der Waals surface area contributed by atoms with Gasteiger partial charge in [-0.1, -0.05) is 83.4 Å². The first-order valence-corrected chi connectivity index (χ1v) is 11.9. The third-order valence-corrected chi connectivity index (χ3v) is 5.28. The third-order valence-electron chi connectivity index (χ3n) is 5.28. The van der Waals surface area contributed by atoms with Crippen molar-refractivity contribution in [1.29, 1.82) is 0 Å². The van der Waals surface area contributed by atoms with Crippen molar-refractivity contribution in [3.8, 4) is 0 Å². The molecule has 0 saturated carbocycles. The lowest BCUT2D eigenvalue weighted by molar-refractivity contribution is -0.151. The molecule has 0 heterocycles. The molecule has 1 unspecified atom stereocenters. The lowest BCUT2D eigenvalue weighted by atomic mass is 9.97. The molecular weight excluding hydrogens is 396 g/mol. The minimum Gasteiger partial charge on any atom is -0.481 e. The molecule has 0 fully saturated rings. The van der Waals surface area contributed by atoms with Crippen molar-refractivity contribution >= 4 is 17.9 Å². The number of carboxylic acids is 2. The lowest BCUT2D eigenvalue weighted by Crippen LogP contribution is -2.24. The fraction of sp³-hybridized carbons (Fsp3) is 0.720. The van der Waals surface area contributed by atoms with Crippen LogP contribution in [0.4, 0.5) is 0 Å². The van der Waals surface area contributed by atoms with Gasteiger partial charge in [-0.2, -0.15) is 0 Å². The standard InChI is InChI=1S/C25H42O6/c1-3-4-5-6-7-8-9-10-11-12-13-14-15-16-17-18-19-31-23(26)20-22(25(29)30)21(2)24(27)28/h10-11,22H,2-9,12-20H2,1H3,(H,27,28)(H,29,30)/b11-10-. The zero-order chi connectivity index (χ0) is 23.3. The van der Waals surface area contributed by atoms with Gasteiger partial charge in [0, 0.05) is 5.57 Å². The Morgan fingerprint density at radius 1 is 0.806 bits per heavy atom. The second kappa shape index (κ2) is 19.8. The SMILES string of the molecule is C=C(C(=O)O)C(CC(=O)OCCCCCCCC/C=C\CCCCCCCC)C(=O)O. The Kier molecular flexibility index (Phi) is 18.5. The predicted octanol–water partition coefficient (Wildman–Crippen LogP) is 6.30. The third kappa shape index (κ3) is 17.3. The van der Waals surface area contributed by atoms with Gasteiger partial charge in [0.2, 0.25) is 0 Å². The predicted molar refractivity (Wildman–Crippen MR) is 123 cm³/mol. The van der Waals surface area contributed by atoms with Crippen molar-refractivity contribution in [3.05, 3.63) is 24.3 Å². The van der Waals surface area contributed by atoms with Crippen LogP contribution < -0.4 is 0 Å². The first-order chi connectivity index (χ1) is 14.9. The molecule has 31 heavy (non-hydrogen) atoms. The smallest absolute Gasteiger partial charge is 0.331 e. The van der Waals surface area contributed by atoms with E-state index < -0.39 is 35.8 Å². The number of unbranched alkanes of at least 4 members (excludes halogenated alkanes) is 12. The number of rotatable bonds is 21. The summed E-state index contributed by atoms with van der Waals surface area (Å²) >= 11 is 0. The van der Waals surface area contributed by atoms with Crippen LogP contribution in [0.2, 0.25) is 0 Å². The maximum Gasteiger partial charge on any atom is 0.331 e. The summed E-state index contributed by atoms with van der Waals surface area (Å²) in [6.07, 6.45) is 20.8. The van der Waals surface area contributed by atoms with Gasteiger partial charge in [-0.05, 0) is 32.1 Å². The minimum absolute atomic E-state index is 0.228. The van der Waals surface area contributed by atoms with Crippen molar-refractivity contribution in [3.63, 3.8) is 0 Å². The molecule has 0 aliphatic rings. The molecule has 0 aliphatic heterocycles. The van der Waals surface area contributed by atoms with Crippen molar-refractivity contribution in [2.45, 2.75) is 103 Å². The van der Waals surface area contributed by atoms with Crippen LogP contribution in [0.1, 0.15) is 103 Å². The molecule has 0 spiro atoms. The average Bonchev–Trinajstić information content (AvgIpc) is 2.73. The summed E-state index contributed by atoms with van der Waals surface area (Å²) in [4.78, 5) is 33.6. The molecular formula is C25H42O6. The Hall–Kier alpha value is -2.11. The fourth-order valence-corrected chi connectivity index (χ4v) is 3.27. The van der Waals surface area contributed by atoms with Crippen LogP contribution in [-0.2, 0) is 19.1 Å². The molecule has 6 nitrogen and oxygen atoms in total. The molecule has 0 amide bonds. The molecule has 0 bridgehead atoms. The average molecular weight is 439 g/mol. The maximum absolute atomic E-state index is 11.7. The van der Waals surface area contributed by atoms with E-state index in [4.69, 9.17) is 14.9 Å². The summed E-state index contributed by atoms with van der Waals surface area (Å²) in [7, 11) is 0. The largest absolute Gasteiger partial charge is 0.481 e. The monoisotopic (exact) mass is 438 g/mol. The van der Waals surface area contributed by atoms with E-state index in [-0.39, 0.29) is 6.61 Å². The molecule has 0 saturated heterocycles. The zero-order valence-electron chi connectivity index (χ0n) is 19.3. The van der Waals surface area contributed by atoms with Crippen LogP contribution in [0.3, 0.4) is 0 Å². The summed E-state index contributed by atoms with van der Waals surface area (Å²) in [5.41, 5.74) is -0.512. The van der Waals surface area contributed by atoms with E-state index in [1.165, 1.54) is 57.8 Å². The van der Waals surface area contributed by atoms with E-state index in [9.17, 15) is 14.4 Å². The van der Waals surface area contributed by atoms with E-state index in [1.807, 2.05) is 0 Å². The first kappa shape index (κ1) is 28.9. The van der Waals surface area contributed by atoms with E-state index in [2.05, 4.69) is 25.7 Å². The highest BCUT2D eigenvalue weighted by molar-refractivity contribution is 5.95. The Labute approximate surface area is 187 Å². The Morgan fingerprint density at radius 2 is 1.29 bits per heavy atom. The van der Waals surface area contributed by atoms with Crippen LogP contribution in [0.25, 0.3) is 0 Å². The minimum atomic E-state index is -1.45.